The van der Waals surface area contributed by atoms with Gasteiger partial charge in [-0.15, -0.1) is 0 Å². The first-order valence-electron chi connectivity index (χ1n) is 14.0. The maximum atomic E-state index is 2.29. The van der Waals surface area contributed by atoms with E-state index in [4.69, 9.17) is 0 Å². The minimum absolute atomic E-state index is 0. The van der Waals surface area contributed by atoms with Crippen molar-refractivity contribution in [3.8, 4) is 0 Å². The summed E-state index contributed by atoms with van der Waals surface area (Å²) in [4.78, 5) is 0. The molecule has 0 spiro atoms. The van der Waals surface area contributed by atoms with Crippen molar-refractivity contribution in [1.82, 2.24) is 0 Å². The zero-order valence-electron chi connectivity index (χ0n) is 25.3. The molecule has 222 valence electrons. The molecule has 0 N–H and O–H groups in total. The number of nitrogens with zero attached hydrogens (tertiary/aromatic N) is 3. The van der Waals surface area contributed by atoms with Crippen LogP contribution < -0.4 is 85.6 Å². The number of fused-ring (bicyclic) bond motifs is 3. The fourth-order valence-electron chi connectivity index (χ4n) is 4.90. The van der Waals surface area contributed by atoms with Crippen molar-refractivity contribution in [3.05, 3.63) is 128 Å². The molecular weight excluding hydrogens is 855 g/mol. The molecule has 0 aliphatic rings. The van der Waals surface area contributed by atoms with Crippen LogP contribution in [0.15, 0.2) is 128 Å². The van der Waals surface area contributed by atoms with Crippen LogP contribution >= 0.6 is 0 Å². The lowest BCUT2D eigenvalue weighted by molar-refractivity contribution is -0.691. The van der Waals surface area contributed by atoms with Gasteiger partial charge in [0.15, 0.2) is 36.7 Å². The molecule has 0 bridgehead atoms. The number of halogens is 3. The number of rotatable bonds is 3. The zero-order chi connectivity index (χ0) is 27.8. The second-order valence-corrected chi connectivity index (χ2v) is 10.7. The lowest BCUT2D eigenvalue weighted by atomic mass is 10.2. The first-order chi connectivity index (χ1) is 18.9. The highest BCUT2D eigenvalue weighted by atomic mass is 127. The average molecular weight is 897 g/mol. The van der Waals surface area contributed by atoms with E-state index < -0.39 is 0 Å². The molecule has 0 unspecified atom stereocenters. The molecule has 0 fully saturated rings. The summed E-state index contributed by atoms with van der Waals surface area (Å²) < 4.78 is 6.86. The summed E-state index contributed by atoms with van der Waals surface area (Å²) in [6.45, 7) is 13.2. The molecule has 0 aliphatic carbocycles. The highest BCUT2D eigenvalue weighted by molar-refractivity contribution is 5.76. The van der Waals surface area contributed by atoms with E-state index in [9.17, 15) is 0 Å². The van der Waals surface area contributed by atoms with E-state index >= 15 is 0 Å². The van der Waals surface area contributed by atoms with Gasteiger partial charge in [-0.25, -0.2) is 0 Å². The van der Waals surface area contributed by atoms with Crippen LogP contribution in [0.25, 0.3) is 32.7 Å². The van der Waals surface area contributed by atoms with E-state index in [0.29, 0.717) is 18.1 Å². The third kappa shape index (κ3) is 9.80. The van der Waals surface area contributed by atoms with Gasteiger partial charge in [0.2, 0.25) is 16.6 Å². The topological polar surface area (TPSA) is 11.6 Å². The molecular formula is C36H42I3N3. The first kappa shape index (κ1) is 38.1. The Balaban J connectivity index is 0.000000304. The van der Waals surface area contributed by atoms with Crippen LogP contribution in [-0.4, -0.2) is 0 Å². The van der Waals surface area contributed by atoms with E-state index in [1.54, 1.807) is 0 Å². The zero-order valence-corrected chi connectivity index (χ0v) is 31.8. The molecule has 0 aliphatic heterocycles. The second-order valence-electron chi connectivity index (χ2n) is 10.7. The van der Waals surface area contributed by atoms with Gasteiger partial charge in [-0.2, -0.15) is 13.7 Å². The highest BCUT2D eigenvalue weighted by Crippen LogP contribution is 2.12. The summed E-state index contributed by atoms with van der Waals surface area (Å²) >= 11 is 0. The van der Waals surface area contributed by atoms with Crippen molar-refractivity contribution >= 4 is 32.7 Å². The molecule has 0 amide bonds. The summed E-state index contributed by atoms with van der Waals surface area (Å²) in [7, 11) is 0. The van der Waals surface area contributed by atoms with Gasteiger partial charge in [0, 0.05) is 52.6 Å². The summed E-state index contributed by atoms with van der Waals surface area (Å²) in [5.74, 6) is 0. The van der Waals surface area contributed by atoms with Gasteiger partial charge in [-0.05, 0) is 77.9 Å². The minimum atomic E-state index is 0. The van der Waals surface area contributed by atoms with Crippen LogP contribution in [-0.2, 0) is 0 Å². The Morgan fingerprint density at radius 1 is 0.333 bits per heavy atom. The van der Waals surface area contributed by atoms with Gasteiger partial charge in [-0.1, -0.05) is 36.4 Å². The Morgan fingerprint density at radius 2 is 0.548 bits per heavy atom. The van der Waals surface area contributed by atoms with Gasteiger partial charge in [0.25, 0.3) is 0 Å². The Bertz CT molecular complexity index is 1450. The van der Waals surface area contributed by atoms with Gasteiger partial charge in [-0.3, -0.25) is 0 Å². The Kier molecular flexibility index (Phi) is 16.9. The maximum Gasteiger partial charge on any atom is 0.212 e. The number of aromatic nitrogens is 3. The molecule has 0 radical (unpaired) electrons. The predicted molar refractivity (Wildman–Crippen MR) is 164 cm³/mol. The SMILES string of the molecule is CC(C)[n+]1cccc2ccccc21.CC(C)[n+]1cccc2ccccc21.CC(C)[n+]1cccc2ccccc21.[I-].[I-].[I-]. The number of hydrogen-bond donors (Lipinski definition) is 0. The molecule has 0 atom stereocenters. The lowest BCUT2D eigenvalue weighted by Crippen LogP contribution is -3.00. The summed E-state index contributed by atoms with van der Waals surface area (Å²) in [5, 5.41) is 3.91. The summed E-state index contributed by atoms with van der Waals surface area (Å²) in [5.41, 5.74) is 3.92. The molecule has 6 rings (SSSR count). The Labute approximate surface area is 303 Å². The Hall–Kier alpha value is -1.92. The molecule has 3 aromatic heterocycles. The number of benzene rings is 3. The normalized spacial score (nSPS) is 10.2. The maximum absolute atomic E-state index is 2.29. The third-order valence-corrected chi connectivity index (χ3v) is 6.88. The second kappa shape index (κ2) is 18.7. The Morgan fingerprint density at radius 3 is 0.786 bits per heavy atom. The van der Waals surface area contributed by atoms with E-state index in [1.165, 1.54) is 32.7 Å². The molecule has 0 saturated carbocycles. The van der Waals surface area contributed by atoms with Crippen molar-refractivity contribution in [2.75, 3.05) is 0 Å². The standard InChI is InChI=1S/3C12H14N.3HI/c3*1-10(2)13-9-5-7-11-6-3-4-8-12(11)13;;;/h3*3-10H,1-2H3;3*1H/q3*+1;;;/p-3. The monoisotopic (exact) mass is 897 g/mol. The van der Waals surface area contributed by atoms with Crippen LogP contribution in [0.2, 0.25) is 0 Å². The molecule has 6 heteroatoms. The van der Waals surface area contributed by atoms with Crippen molar-refractivity contribution < 1.29 is 85.6 Å². The van der Waals surface area contributed by atoms with Crippen molar-refractivity contribution in [3.63, 3.8) is 0 Å². The van der Waals surface area contributed by atoms with Gasteiger partial charge in [0.1, 0.15) is 0 Å². The van der Waals surface area contributed by atoms with Crippen molar-refractivity contribution in [2.24, 2.45) is 0 Å². The van der Waals surface area contributed by atoms with Gasteiger partial charge < -0.3 is 71.9 Å². The van der Waals surface area contributed by atoms with E-state index in [1.807, 2.05) is 0 Å². The number of pyridine rings is 3. The van der Waals surface area contributed by atoms with Crippen molar-refractivity contribution in [2.45, 2.75) is 59.7 Å². The predicted octanol–water partition coefficient (Wildman–Crippen LogP) is -0.863. The quantitative estimate of drug-likeness (QED) is 0.162. The third-order valence-electron chi connectivity index (χ3n) is 6.88. The lowest BCUT2D eigenvalue weighted by Gasteiger charge is -2.03. The smallest absolute Gasteiger partial charge is 0.212 e. The first-order valence-corrected chi connectivity index (χ1v) is 14.0. The van der Waals surface area contributed by atoms with E-state index in [0.717, 1.165) is 0 Å². The molecule has 3 aromatic carbocycles. The largest absolute Gasteiger partial charge is 1.00 e. The van der Waals surface area contributed by atoms with Crippen LogP contribution in [0.5, 0.6) is 0 Å². The average Bonchev–Trinajstić information content (AvgIpc) is 2.96. The van der Waals surface area contributed by atoms with Crippen LogP contribution in [0.4, 0.5) is 0 Å². The van der Waals surface area contributed by atoms with Gasteiger partial charge >= 0.3 is 0 Å². The fraction of sp³-hybridized carbons (Fsp3) is 0.250. The fourth-order valence-corrected chi connectivity index (χ4v) is 4.90. The van der Waals surface area contributed by atoms with Crippen molar-refractivity contribution in [1.29, 1.82) is 0 Å². The van der Waals surface area contributed by atoms with Crippen LogP contribution in [0.1, 0.15) is 59.7 Å². The summed E-state index contributed by atoms with van der Waals surface area (Å²) in [6.07, 6.45) is 6.40. The number of para-hydroxylation sites is 3. The van der Waals surface area contributed by atoms with Crippen LogP contribution in [0.3, 0.4) is 0 Å². The van der Waals surface area contributed by atoms with E-state index in [-0.39, 0.29) is 71.9 Å². The molecule has 3 heterocycles. The molecule has 3 nitrogen and oxygen atoms in total. The van der Waals surface area contributed by atoms with Crippen LogP contribution in [0, 0.1) is 0 Å². The summed E-state index contributed by atoms with van der Waals surface area (Å²) in [6, 6.07) is 39.7. The molecule has 6 aromatic rings. The number of hydrogen-bond acceptors (Lipinski definition) is 0. The molecule has 42 heavy (non-hydrogen) atoms. The minimum Gasteiger partial charge on any atom is -1.00 e. The highest BCUT2D eigenvalue weighted by Gasteiger charge is 2.11. The van der Waals surface area contributed by atoms with Gasteiger partial charge in [0.05, 0.1) is 0 Å². The van der Waals surface area contributed by atoms with E-state index in [2.05, 4.69) is 183 Å². The molecule has 0 saturated heterocycles.